The van der Waals surface area contributed by atoms with Crippen LogP contribution in [0.4, 0.5) is 10.6 Å². The van der Waals surface area contributed by atoms with E-state index in [1.165, 1.54) is 11.8 Å². The molecule has 1 N–H and O–H groups in total. The van der Waals surface area contributed by atoms with Gasteiger partial charge in [0.1, 0.15) is 16.6 Å². The van der Waals surface area contributed by atoms with Gasteiger partial charge in [-0.2, -0.15) is 0 Å². The summed E-state index contributed by atoms with van der Waals surface area (Å²) < 4.78 is 5.52. The Morgan fingerprint density at radius 3 is 2.88 bits per heavy atom. The second kappa shape index (κ2) is 8.25. The molecule has 1 aliphatic rings. The van der Waals surface area contributed by atoms with E-state index in [9.17, 15) is 4.79 Å². The number of aromatic nitrogens is 2. The van der Waals surface area contributed by atoms with Crippen molar-refractivity contribution in [3.63, 3.8) is 0 Å². The van der Waals surface area contributed by atoms with Crippen molar-refractivity contribution in [1.82, 2.24) is 14.9 Å². The van der Waals surface area contributed by atoms with E-state index in [1.54, 1.807) is 6.07 Å². The third-order valence-corrected chi connectivity index (χ3v) is 4.37. The Hall–Kier alpha value is -1.21. The number of carbonyl (C=O) groups excluding carboxylic acids is 1. The maximum absolute atomic E-state index is 12.4. The monoisotopic (exact) mass is 372 g/mol. The standard InChI is InChI=1S/C16H25ClN4O2S/c1-16(2,3)23-15(22)21-8-6-5-7-11(21)10-18-13-9-12(17)19-14(20-13)24-4/h9,11H,5-8,10H2,1-4H3,(H,18,19,20). The molecule has 1 atom stereocenters. The molecule has 1 fully saturated rings. The Labute approximate surface area is 152 Å². The van der Waals surface area contributed by atoms with E-state index in [0.717, 1.165) is 25.8 Å². The highest BCUT2D eigenvalue weighted by molar-refractivity contribution is 7.98. The van der Waals surface area contributed by atoms with Gasteiger partial charge in [-0.15, -0.1) is 0 Å². The molecule has 1 saturated heterocycles. The molecule has 1 aromatic heterocycles. The Bertz CT molecular complexity index is 580. The van der Waals surface area contributed by atoms with Crippen LogP contribution in [0.1, 0.15) is 40.0 Å². The van der Waals surface area contributed by atoms with Gasteiger partial charge in [-0.25, -0.2) is 14.8 Å². The van der Waals surface area contributed by atoms with E-state index in [4.69, 9.17) is 16.3 Å². The van der Waals surface area contributed by atoms with Crippen molar-refractivity contribution in [3.05, 3.63) is 11.2 Å². The first-order chi connectivity index (χ1) is 11.3. The Balaban J connectivity index is 2.01. The van der Waals surface area contributed by atoms with Crippen molar-refractivity contribution in [2.45, 2.75) is 56.8 Å². The summed E-state index contributed by atoms with van der Waals surface area (Å²) in [7, 11) is 0. The second-order valence-corrected chi connectivity index (χ2v) is 7.93. The van der Waals surface area contributed by atoms with Gasteiger partial charge in [0.2, 0.25) is 0 Å². The minimum absolute atomic E-state index is 0.0834. The van der Waals surface area contributed by atoms with E-state index in [0.29, 0.717) is 22.7 Å². The molecule has 0 spiro atoms. The topological polar surface area (TPSA) is 67.4 Å². The minimum atomic E-state index is -0.486. The lowest BCUT2D eigenvalue weighted by Gasteiger charge is -2.36. The van der Waals surface area contributed by atoms with Gasteiger partial charge in [-0.05, 0) is 46.3 Å². The largest absolute Gasteiger partial charge is 0.444 e. The van der Waals surface area contributed by atoms with Crippen LogP contribution in [-0.4, -0.2) is 51.9 Å². The lowest BCUT2D eigenvalue weighted by molar-refractivity contribution is 0.0114. The van der Waals surface area contributed by atoms with Crippen LogP contribution < -0.4 is 5.32 Å². The number of piperidine rings is 1. The number of likely N-dealkylation sites (tertiary alicyclic amines) is 1. The number of carbonyl (C=O) groups is 1. The summed E-state index contributed by atoms with van der Waals surface area (Å²) >= 11 is 7.45. The lowest BCUT2D eigenvalue weighted by atomic mass is 10.0. The molecule has 0 bridgehead atoms. The van der Waals surface area contributed by atoms with E-state index in [2.05, 4.69) is 15.3 Å². The van der Waals surface area contributed by atoms with Crippen LogP contribution in [-0.2, 0) is 4.74 Å². The van der Waals surface area contributed by atoms with Gasteiger partial charge < -0.3 is 15.0 Å². The highest BCUT2D eigenvalue weighted by Crippen LogP contribution is 2.22. The maximum atomic E-state index is 12.4. The number of hydrogen-bond acceptors (Lipinski definition) is 6. The van der Waals surface area contributed by atoms with Crippen LogP contribution in [0.25, 0.3) is 0 Å². The van der Waals surface area contributed by atoms with Gasteiger partial charge >= 0.3 is 6.09 Å². The van der Waals surface area contributed by atoms with Crippen LogP contribution in [0.15, 0.2) is 11.2 Å². The molecule has 6 nitrogen and oxygen atoms in total. The quantitative estimate of drug-likeness (QED) is 0.488. The van der Waals surface area contributed by atoms with Gasteiger partial charge in [0.15, 0.2) is 5.16 Å². The van der Waals surface area contributed by atoms with Crippen LogP contribution in [0.5, 0.6) is 0 Å². The molecular formula is C16H25ClN4O2S. The van der Waals surface area contributed by atoms with Gasteiger partial charge in [0.05, 0.1) is 6.04 Å². The predicted molar refractivity (Wildman–Crippen MR) is 97.9 cm³/mol. The molecule has 134 valence electrons. The zero-order chi connectivity index (χ0) is 17.7. The summed E-state index contributed by atoms with van der Waals surface area (Å²) in [6.07, 6.45) is 4.71. The summed E-state index contributed by atoms with van der Waals surface area (Å²) in [5, 5.41) is 4.31. The second-order valence-electron chi connectivity index (χ2n) is 6.77. The summed E-state index contributed by atoms with van der Waals surface area (Å²) in [4.78, 5) is 22.7. The van der Waals surface area contributed by atoms with Crippen molar-refractivity contribution in [1.29, 1.82) is 0 Å². The van der Waals surface area contributed by atoms with Gasteiger partial charge in [-0.1, -0.05) is 23.4 Å². The van der Waals surface area contributed by atoms with Crippen LogP contribution >= 0.6 is 23.4 Å². The number of thioether (sulfide) groups is 1. The molecule has 8 heteroatoms. The molecule has 24 heavy (non-hydrogen) atoms. The number of hydrogen-bond donors (Lipinski definition) is 1. The fraction of sp³-hybridized carbons (Fsp3) is 0.688. The molecular weight excluding hydrogens is 348 g/mol. The van der Waals surface area contributed by atoms with E-state index < -0.39 is 5.60 Å². The zero-order valence-electron chi connectivity index (χ0n) is 14.6. The first kappa shape index (κ1) is 19.1. The van der Waals surface area contributed by atoms with E-state index in [1.807, 2.05) is 31.9 Å². The number of anilines is 1. The highest BCUT2D eigenvalue weighted by Gasteiger charge is 2.30. The molecule has 0 radical (unpaired) electrons. The maximum Gasteiger partial charge on any atom is 0.410 e. The molecule has 0 saturated carbocycles. The molecule has 2 rings (SSSR count). The number of amides is 1. The van der Waals surface area contributed by atoms with E-state index >= 15 is 0 Å². The minimum Gasteiger partial charge on any atom is -0.444 e. The van der Waals surface area contributed by atoms with Gasteiger partial charge in [0, 0.05) is 19.2 Å². The average Bonchev–Trinajstić information content (AvgIpc) is 2.51. The molecule has 1 aromatic rings. The number of nitrogens with one attached hydrogen (secondary N) is 1. The zero-order valence-corrected chi connectivity index (χ0v) is 16.2. The molecule has 1 aliphatic heterocycles. The van der Waals surface area contributed by atoms with Crippen molar-refractivity contribution >= 4 is 35.3 Å². The molecule has 1 unspecified atom stereocenters. The number of nitrogens with zero attached hydrogens (tertiary/aromatic N) is 3. The first-order valence-electron chi connectivity index (χ1n) is 8.10. The fourth-order valence-corrected chi connectivity index (χ4v) is 3.19. The van der Waals surface area contributed by atoms with E-state index in [-0.39, 0.29) is 12.1 Å². The molecule has 2 heterocycles. The first-order valence-corrected chi connectivity index (χ1v) is 9.71. The van der Waals surface area contributed by atoms with Crippen molar-refractivity contribution < 1.29 is 9.53 Å². The molecule has 0 aliphatic carbocycles. The summed E-state index contributed by atoms with van der Waals surface area (Å²) in [6.45, 7) is 6.99. The van der Waals surface area contributed by atoms with Crippen LogP contribution in [0, 0.1) is 0 Å². The third-order valence-electron chi connectivity index (χ3n) is 3.63. The Morgan fingerprint density at radius 2 is 2.21 bits per heavy atom. The summed E-state index contributed by atoms with van der Waals surface area (Å²) in [6, 6.07) is 1.78. The summed E-state index contributed by atoms with van der Waals surface area (Å²) in [5.41, 5.74) is -0.486. The van der Waals surface area contributed by atoms with Gasteiger partial charge in [0.25, 0.3) is 0 Å². The predicted octanol–water partition coefficient (Wildman–Crippen LogP) is 4.05. The number of halogens is 1. The van der Waals surface area contributed by atoms with Crippen LogP contribution in [0.3, 0.4) is 0 Å². The SMILES string of the molecule is CSc1nc(Cl)cc(NCC2CCCCN2C(=O)OC(C)(C)C)n1. The normalized spacial score (nSPS) is 18.4. The summed E-state index contributed by atoms with van der Waals surface area (Å²) in [5.74, 6) is 0.675. The van der Waals surface area contributed by atoms with Gasteiger partial charge in [-0.3, -0.25) is 0 Å². The van der Waals surface area contributed by atoms with Crippen LogP contribution in [0.2, 0.25) is 5.15 Å². The molecule has 0 aromatic carbocycles. The highest BCUT2D eigenvalue weighted by atomic mass is 35.5. The smallest absolute Gasteiger partial charge is 0.410 e. The molecule has 1 amide bonds. The lowest BCUT2D eigenvalue weighted by Crippen LogP contribution is -2.48. The van der Waals surface area contributed by atoms with Crippen molar-refractivity contribution in [2.75, 3.05) is 24.7 Å². The average molecular weight is 373 g/mol. The Kier molecular flexibility index (Phi) is 6.57. The third kappa shape index (κ3) is 5.70. The Morgan fingerprint density at radius 1 is 1.46 bits per heavy atom. The fourth-order valence-electron chi connectivity index (χ4n) is 2.57. The van der Waals surface area contributed by atoms with Crippen molar-refractivity contribution in [3.8, 4) is 0 Å². The number of rotatable bonds is 4. The number of ether oxygens (including phenoxy) is 1. The van der Waals surface area contributed by atoms with Crippen molar-refractivity contribution in [2.24, 2.45) is 0 Å².